The van der Waals surface area contributed by atoms with E-state index in [0.29, 0.717) is 4.47 Å². The molecule has 5 nitrogen and oxygen atoms in total. The van der Waals surface area contributed by atoms with E-state index < -0.39 is 23.4 Å². The zero-order valence-corrected chi connectivity index (χ0v) is 13.0. The first-order chi connectivity index (χ1) is 10.4. The van der Waals surface area contributed by atoms with Gasteiger partial charge < -0.3 is 15.2 Å². The Morgan fingerprint density at radius 1 is 1.27 bits per heavy atom. The Kier molecular flexibility index (Phi) is 4.77. The highest BCUT2D eigenvalue weighted by atomic mass is 79.9. The molecule has 0 atom stereocenters. The number of hydrogen-bond donors (Lipinski definition) is 2. The highest BCUT2D eigenvalue weighted by molar-refractivity contribution is 9.10. The highest BCUT2D eigenvalue weighted by Crippen LogP contribution is 2.28. The summed E-state index contributed by atoms with van der Waals surface area (Å²) >= 11 is 3.09. The highest BCUT2D eigenvalue weighted by Gasteiger charge is 2.17. The predicted octanol–water partition coefficient (Wildman–Crippen LogP) is 3.33. The summed E-state index contributed by atoms with van der Waals surface area (Å²) in [6, 6.07) is 7.94. The summed E-state index contributed by atoms with van der Waals surface area (Å²) in [7, 11) is 1.18. The molecular weight excluding hydrogens is 357 g/mol. The van der Waals surface area contributed by atoms with Crippen molar-refractivity contribution in [3.05, 3.63) is 57.8 Å². The van der Waals surface area contributed by atoms with Crippen molar-refractivity contribution in [2.24, 2.45) is 0 Å². The average molecular weight is 368 g/mol. The molecular formula is C15H11BrFNO4. The number of para-hydroxylation sites is 1. The Bertz CT molecular complexity index is 728. The van der Waals surface area contributed by atoms with Crippen LogP contribution in [0.4, 0.5) is 10.1 Å². The average Bonchev–Trinajstić information content (AvgIpc) is 2.47. The Morgan fingerprint density at radius 2 is 2.00 bits per heavy atom. The quantitative estimate of drug-likeness (QED) is 0.644. The van der Waals surface area contributed by atoms with Crippen molar-refractivity contribution in [1.29, 1.82) is 0 Å². The molecule has 0 fully saturated rings. The van der Waals surface area contributed by atoms with Crippen molar-refractivity contribution in [1.82, 2.24) is 0 Å². The number of ether oxygens (including phenoxy) is 1. The third kappa shape index (κ3) is 3.43. The van der Waals surface area contributed by atoms with Crippen LogP contribution in [0.1, 0.15) is 20.7 Å². The zero-order chi connectivity index (χ0) is 16.3. The molecule has 7 heteroatoms. The number of benzene rings is 2. The van der Waals surface area contributed by atoms with Gasteiger partial charge >= 0.3 is 5.97 Å². The standard InChI is InChI=1S/C15H11BrFNO4/c1-22-15(21)11-3-2-4-12(13(11)19)18-14(20)8-5-9(16)7-10(17)6-8/h2-7,19H,1H3,(H,18,20). The Morgan fingerprint density at radius 3 is 2.64 bits per heavy atom. The van der Waals surface area contributed by atoms with Gasteiger partial charge in [-0.25, -0.2) is 9.18 Å². The minimum absolute atomic E-state index is 0.0216. The first-order valence-electron chi connectivity index (χ1n) is 6.10. The van der Waals surface area contributed by atoms with Crippen LogP contribution in [0.15, 0.2) is 40.9 Å². The second-order valence-corrected chi connectivity index (χ2v) is 5.22. The first kappa shape index (κ1) is 16.0. The number of carbonyl (C=O) groups is 2. The lowest BCUT2D eigenvalue weighted by molar-refractivity contribution is 0.0597. The molecule has 2 rings (SSSR count). The van der Waals surface area contributed by atoms with Crippen LogP contribution in [0, 0.1) is 5.82 Å². The van der Waals surface area contributed by atoms with Gasteiger partial charge in [0.25, 0.3) is 5.91 Å². The molecule has 0 aromatic heterocycles. The van der Waals surface area contributed by atoms with Crippen molar-refractivity contribution in [2.45, 2.75) is 0 Å². The van der Waals surface area contributed by atoms with Crippen LogP contribution in [0.5, 0.6) is 5.75 Å². The van der Waals surface area contributed by atoms with Crippen molar-refractivity contribution in [2.75, 3.05) is 12.4 Å². The molecule has 2 aromatic carbocycles. The second-order valence-electron chi connectivity index (χ2n) is 4.31. The molecule has 0 unspecified atom stereocenters. The maximum Gasteiger partial charge on any atom is 0.341 e. The van der Waals surface area contributed by atoms with Gasteiger partial charge in [0, 0.05) is 10.0 Å². The number of aromatic hydroxyl groups is 1. The molecule has 114 valence electrons. The molecule has 22 heavy (non-hydrogen) atoms. The fourth-order valence-electron chi connectivity index (χ4n) is 1.80. The summed E-state index contributed by atoms with van der Waals surface area (Å²) < 4.78 is 18.2. The van der Waals surface area contributed by atoms with Gasteiger partial charge in [-0.2, -0.15) is 0 Å². The van der Waals surface area contributed by atoms with Gasteiger partial charge in [0.15, 0.2) is 5.75 Å². The SMILES string of the molecule is COC(=O)c1cccc(NC(=O)c2cc(F)cc(Br)c2)c1O. The smallest absolute Gasteiger partial charge is 0.341 e. The minimum Gasteiger partial charge on any atom is -0.505 e. The summed E-state index contributed by atoms with van der Waals surface area (Å²) in [5.74, 6) is -2.36. The van der Waals surface area contributed by atoms with Gasteiger partial charge in [-0.3, -0.25) is 4.79 Å². The van der Waals surface area contributed by atoms with Gasteiger partial charge in [-0.15, -0.1) is 0 Å². The van der Waals surface area contributed by atoms with Gasteiger partial charge in [0.05, 0.1) is 12.8 Å². The van der Waals surface area contributed by atoms with Crippen LogP contribution in [-0.4, -0.2) is 24.1 Å². The number of phenols is 1. The van der Waals surface area contributed by atoms with Crippen molar-refractivity contribution in [3.8, 4) is 5.75 Å². The fourth-order valence-corrected chi connectivity index (χ4v) is 2.26. The number of nitrogens with one attached hydrogen (secondary N) is 1. The van der Waals surface area contributed by atoms with E-state index in [9.17, 15) is 19.1 Å². The molecule has 1 amide bonds. The molecule has 0 bridgehead atoms. The molecule has 0 aliphatic carbocycles. The summed E-state index contributed by atoms with van der Waals surface area (Å²) in [6.07, 6.45) is 0. The lowest BCUT2D eigenvalue weighted by atomic mass is 10.1. The number of phenolic OH excluding ortho intramolecular Hbond substituents is 1. The van der Waals surface area contributed by atoms with E-state index in [-0.39, 0.29) is 16.8 Å². The molecule has 2 N–H and O–H groups in total. The summed E-state index contributed by atoms with van der Waals surface area (Å²) in [5.41, 5.74) is 0.00347. The van der Waals surface area contributed by atoms with E-state index in [0.717, 1.165) is 6.07 Å². The number of halogens is 2. The number of anilines is 1. The van der Waals surface area contributed by atoms with E-state index in [1.807, 2.05) is 0 Å². The van der Waals surface area contributed by atoms with Crippen LogP contribution in [0.25, 0.3) is 0 Å². The number of amides is 1. The molecule has 0 saturated heterocycles. The number of rotatable bonds is 3. The summed E-state index contributed by atoms with van der Waals surface area (Å²) in [5, 5.41) is 12.4. The Balaban J connectivity index is 2.31. The number of methoxy groups -OCH3 is 1. The third-order valence-electron chi connectivity index (χ3n) is 2.81. The maximum atomic E-state index is 13.3. The second kappa shape index (κ2) is 6.57. The topological polar surface area (TPSA) is 75.6 Å². The monoisotopic (exact) mass is 367 g/mol. The fraction of sp³-hybridized carbons (Fsp3) is 0.0667. The van der Waals surface area contributed by atoms with Crippen molar-refractivity contribution < 1.29 is 23.8 Å². The van der Waals surface area contributed by atoms with E-state index >= 15 is 0 Å². The molecule has 0 heterocycles. The number of carbonyl (C=O) groups excluding carboxylic acids is 2. The van der Waals surface area contributed by atoms with Gasteiger partial charge in [-0.1, -0.05) is 22.0 Å². The van der Waals surface area contributed by atoms with Crippen LogP contribution >= 0.6 is 15.9 Å². The van der Waals surface area contributed by atoms with Gasteiger partial charge in [-0.05, 0) is 30.3 Å². The van der Waals surface area contributed by atoms with E-state index in [1.54, 1.807) is 0 Å². The van der Waals surface area contributed by atoms with Crippen molar-refractivity contribution in [3.63, 3.8) is 0 Å². The largest absolute Gasteiger partial charge is 0.505 e. The first-order valence-corrected chi connectivity index (χ1v) is 6.89. The van der Waals surface area contributed by atoms with Crippen LogP contribution in [-0.2, 0) is 4.74 Å². The van der Waals surface area contributed by atoms with E-state index in [2.05, 4.69) is 26.0 Å². The maximum absolute atomic E-state index is 13.3. The number of esters is 1. The minimum atomic E-state index is -0.734. The van der Waals surface area contributed by atoms with E-state index in [1.165, 1.54) is 37.4 Å². The lowest BCUT2D eigenvalue weighted by Gasteiger charge is -2.10. The van der Waals surface area contributed by atoms with Gasteiger partial charge in [0.1, 0.15) is 11.4 Å². The summed E-state index contributed by atoms with van der Waals surface area (Å²) in [6.45, 7) is 0. The zero-order valence-electron chi connectivity index (χ0n) is 11.4. The third-order valence-corrected chi connectivity index (χ3v) is 3.27. The molecule has 0 saturated carbocycles. The molecule has 0 aliphatic rings. The summed E-state index contributed by atoms with van der Waals surface area (Å²) in [4.78, 5) is 23.6. The Labute approximate surface area is 133 Å². The van der Waals surface area contributed by atoms with Crippen LogP contribution < -0.4 is 5.32 Å². The lowest BCUT2D eigenvalue weighted by Crippen LogP contribution is -2.13. The molecule has 0 aliphatic heterocycles. The van der Waals surface area contributed by atoms with Crippen LogP contribution in [0.3, 0.4) is 0 Å². The normalized spacial score (nSPS) is 10.1. The Hall–Kier alpha value is -2.41. The predicted molar refractivity (Wildman–Crippen MR) is 81.5 cm³/mol. The number of hydrogen-bond acceptors (Lipinski definition) is 4. The molecule has 2 aromatic rings. The van der Waals surface area contributed by atoms with E-state index in [4.69, 9.17) is 0 Å². The molecule has 0 spiro atoms. The van der Waals surface area contributed by atoms with Crippen LogP contribution in [0.2, 0.25) is 0 Å². The van der Waals surface area contributed by atoms with Gasteiger partial charge in [0.2, 0.25) is 0 Å². The van der Waals surface area contributed by atoms with Crippen molar-refractivity contribution >= 4 is 33.5 Å². The molecule has 0 radical (unpaired) electrons.